The molecule has 0 heterocycles. The fourth-order valence-electron chi connectivity index (χ4n) is 8.91. The van der Waals surface area contributed by atoms with Crippen LogP contribution in [0.1, 0.15) is 264 Å². The molecule has 0 rings (SSSR count). The monoisotopic (exact) mass is 1120 g/mol. The van der Waals surface area contributed by atoms with Gasteiger partial charge in [0, 0.05) is 6.42 Å². The van der Waals surface area contributed by atoms with Crippen LogP contribution < -0.4 is 10.2 Å². The molecule has 79 heavy (non-hydrogen) atoms. The van der Waals surface area contributed by atoms with Gasteiger partial charge in [0.2, 0.25) is 5.91 Å². The van der Waals surface area contributed by atoms with Crippen LogP contribution in [-0.2, 0) is 18.4 Å². The molecule has 9 heteroatoms. The summed E-state index contributed by atoms with van der Waals surface area (Å²) in [6.45, 7) is 4.54. The smallest absolute Gasteiger partial charge is 0.268 e. The average molecular weight is 1120 g/mol. The van der Waals surface area contributed by atoms with E-state index < -0.39 is 20.0 Å². The first-order chi connectivity index (χ1) is 38.5. The minimum Gasteiger partial charge on any atom is -0.756 e. The van der Waals surface area contributed by atoms with Crippen molar-refractivity contribution in [3.8, 4) is 0 Å². The number of aliphatic hydroxyl groups excluding tert-OH is 1. The maximum atomic E-state index is 13.0. The number of hydrogen-bond acceptors (Lipinski definition) is 6. The minimum absolute atomic E-state index is 0.00608. The number of hydrogen-bond donors (Lipinski definition) is 2. The predicted octanol–water partition coefficient (Wildman–Crippen LogP) is 19.9. The molecule has 0 aromatic carbocycles. The van der Waals surface area contributed by atoms with Crippen molar-refractivity contribution in [2.75, 3.05) is 40.9 Å². The summed E-state index contributed by atoms with van der Waals surface area (Å²) in [5.74, 6) is -0.204. The Morgan fingerprint density at radius 3 is 1.13 bits per heavy atom. The summed E-state index contributed by atoms with van der Waals surface area (Å²) in [7, 11) is 1.25. The van der Waals surface area contributed by atoms with Crippen molar-refractivity contribution in [1.29, 1.82) is 0 Å². The van der Waals surface area contributed by atoms with E-state index in [0.717, 1.165) is 103 Å². The third-order valence-electron chi connectivity index (χ3n) is 13.9. The van der Waals surface area contributed by atoms with Crippen LogP contribution in [0.25, 0.3) is 0 Å². The van der Waals surface area contributed by atoms with E-state index in [-0.39, 0.29) is 19.1 Å². The molecule has 3 atom stereocenters. The summed E-state index contributed by atoms with van der Waals surface area (Å²) in [5.41, 5.74) is 0. The van der Waals surface area contributed by atoms with Crippen molar-refractivity contribution in [2.24, 2.45) is 0 Å². The van der Waals surface area contributed by atoms with E-state index in [1.165, 1.54) is 141 Å². The Bertz CT molecular complexity index is 1700. The van der Waals surface area contributed by atoms with Crippen LogP contribution >= 0.6 is 7.82 Å². The number of unbranched alkanes of at least 4 members (excludes halogenated alkanes) is 27. The van der Waals surface area contributed by atoms with E-state index in [1.807, 2.05) is 27.2 Å². The van der Waals surface area contributed by atoms with Gasteiger partial charge in [-0.2, -0.15) is 0 Å². The van der Waals surface area contributed by atoms with Gasteiger partial charge < -0.3 is 28.8 Å². The van der Waals surface area contributed by atoms with Gasteiger partial charge in [0.05, 0.1) is 39.9 Å². The van der Waals surface area contributed by atoms with E-state index in [4.69, 9.17) is 9.05 Å². The quantitative estimate of drug-likeness (QED) is 0.0272. The Balaban J connectivity index is 4.11. The number of nitrogens with one attached hydrogen (secondary N) is 1. The van der Waals surface area contributed by atoms with E-state index in [9.17, 15) is 19.4 Å². The highest BCUT2D eigenvalue weighted by Crippen LogP contribution is 2.38. The molecule has 0 aliphatic heterocycles. The maximum Gasteiger partial charge on any atom is 0.268 e. The van der Waals surface area contributed by atoms with Crippen molar-refractivity contribution in [3.63, 3.8) is 0 Å². The molecule has 0 bridgehead atoms. The Morgan fingerprint density at radius 1 is 0.456 bits per heavy atom. The summed E-state index contributed by atoms with van der Waals surface area (Å²) in [6, 6.07) is -0.896. The number of phosphoric ester groups is 1. The van der Waals surface area contributed by atoms with E-state index in [0.29, 0.717) is 17.4 Å². The van der Waals surface area contributed by atoms with Crippen molar-refractivity contribution < 1.29 is 32.9 Å². The molecule has 0 spiro atoms. The van der Waals surface area contributed by atoms with Crippen LogP contribution in [-0.4, -0.2) is 68.5 Å². The van der Waals surface area contributed by atoms with Gasteiger partial charge in [-0.15, -0.1) is 0 Å². The van der Waals surface area contributed by atoms with Gasteiger partial charge in [0.15, 0.2) is 0 Å². The van der Waals surface area contributed by atoms with Gasteiger partial charge in [-0.1, -0.05) is 289 Å². The third kappa shape index (κ3) is 62.4. The first-order valence-electron chi connectivity index (χ1n) is 32.4. The third-order valence-corrected chi connectivity index (χ3v) is 14.9. The number of phosphoric acid groups is 1. The molecule has 0 aliphatic rings. The van der Waals surface area contributed by atoms with Crippen LogP contribution in [0.4, 0.5) is 0 Å². The van der Waals surface area contributed by atoms with Crippen molar-refractivity contribution >= 4 is 13.7 Å². The first kappa shape index (κ1) is 75.9. The number of nitrogens with zero attached hydrogens (tertiary/aromatic N) is 1. The second kappa shape index (κ2) is 59.5. The fourth-order valence-corrected chi connectivity index (χ4v) is 9.63. The normalized spacial score (nSPS) is 14.6. The highest BCUT2D eigenvalue weighted by molar-refractivity contribution is 7.45. The number of aliphatic hydroxyl groups is 1. The largest absolute Gasteiger partial charge is 0.756 e. The summed E-state index contributed by atoms with van der Waals surface area (Å²) in [6.07, 6.45) is 88.6. The lowest BCUT2D eigenvalue weighted by Gasteiger charge is -2.29. The molecule has 0 radical (unpaired) electrons. The lowest BCUT2D eigenvalue weighted by molar-refractivity contribution is -0.870. The molecule has 454 valence electrons. The molecule has 3 unspecified atom stereocenters. The predicted molar refractivity (Wildman–Crippen MR) is 343 cm³/mol. The van der Waals surface area contributed by atoms with Gasteiger partial charge in [0.1, 0.15) is 13.2 Å². The van der Waals surface area contributed by atoms with Gasteiger partial charge in [-0.3, -0.25) is 9.36 Å². The Labute approximate surface area is 488 Å². The maximum absolute atomic E-state index is 13.0. The Hall–Kier alpha value is -3.10. The van der Waals surface area contributed by atoms with Crippen LogP contribution in [0, 0.1) is 0 Å². The first-order valence-corrected chi connectivity index (χ1v) is 33.9. The molecule has 0 aliphatic carbocycles. The average Bonchev–Trinajstić information content (AvgIpc) is 3.42. The molecule has 2 N–H and O–H groups in total. The van der Waals surface area contributed by atoms with E-state index >= 15 is 0 Å². The van der Waals surface area contributed by atoms with Gasteiger partial charge in [0.25, 0.3) is 7.82 Å². The number of allylic oxidation sites excluding steroid dienone is 19. The molecular weight excluding hydrogens is 996 g/mol. The summed E-state index contributed by atoms with van der Waals surface area (Å²) in [4.78, 5) is 25.6. The highest BCUT2D eigenvalue weighted by Gasteiger charge is 2.23. The van der Waals surface area contributed by atoms with Crippen molar-refractivity contribution in [2.45, 2.75) is 276 Å². The van der Waals surface area contributed by atoms with Crippen molar-refractivity contribution in [3.05, 3.63) is 122 Å². The minimum atomic E-state index is -4.61. The molecule has 1 amide bonds. The fraction of sp³-hybridized carbons (Fsp3) is 0.700. The molecule has 0 saturated heterocycles. The molecule has 0 aromatic heterocycles. The standard InChI is InChI=1S/C70H123N2O6P/c1-6-8-10-12-14-16-18-20-22-24-26-27-28-29-30-31-32-33-34-35-36-37-38-39-40-41-42-43-44-45-46-48-50-52-54-56-58-60-62-64-70(74)71-68(67-78-79(75,76)77-66-65-72(3,4)5)69(73)63-61-59-57-55-53-51-49-47-25-23-21-19-17-15-13-11-9-7-2/h8,10,14,16,20,22,26-27,29-30,32-33,35-36,38-39,41-42,61,63,68-69,73H,6-7,9,11-13,15,17-19,21,23-25,28,31,34,37,40,43-60,62,64-67H2,1-5H3,(H-,71,74,75,76)/b10-8-,16-14-,22-20-,27-26-,30-29-,33-32-,36-35-,39-38-,42-41-,63-61+. The number of carbonyl (C=O) groups excluding carboxylic acids is 1. The van der Waals surface area contributed by atoms with Gasteiger partial charge in [-0.05, 0) is 89.9 Å². The van der Waals surface area contributed by atoms with Crippen molar-refractivity contribution in [1.82, 2.24) is 5.32 Å². The van der Waals surface area contributed by atoms with Crippen LogP contribution in [0.3, 0.4) is 0 Å². The number of carbonyl (C=O) groups is 1. The molecular formula is C70H123N2O6P. The highest BCUT2D eigenvalue weighted by atomic mass is 31.2. The molecule has 0 saturated carbocycles. The van der Waals surface area contributed by atoms with Gasteiger partial charge in [-0.25, -0.2) is 0 Å². The molecule has 8 nitrogen and oxygen atoms in total. The number of likely N-dealkylation sites (N-methyl/N-ethyl adjacent to an activating group) is 1. The van der Waals surface area contributed by atoms with Crippen LogP contribution in [0.15, 0.2) is 122 Å². The van der Waals surface area contributed by atoms with Crippen LogP contribution in [0.2, 0.25) is 0 Å². The zero-order valence-electron chi connectivity index (χ0n) is 51.8. The topological polar surface area (TPSA) is 108 Å². The lowest BCUT2D eigenvalue weighted by Crippen LogP contribution is -2.45. The second-order valence-corrected chi connectivity index (χ2v) is 24.1. The summed E-state index contributed by atoms with van der Waals surface area (Å²) < 4.78 is 23.4. The molecule has 0 fully saturated rings. The number of quaternary nitrogens is 1. The Kier molecular flexibility index (Phi) is 57.2. The Morgan fingerprint density at radius 2 is 0.772 bits per heavy atom. The molecule has 0 aromatic rings. The lowest BCUT2D eigenvalue weighted by atomic mass is 10.0. The van der Waals surface area contributed by atoms with E-state index in [2.05, 4.69) is 129 Å². The summed E-state index contributed by atoms with van der Waals surface area (Å²) >= 11 is 0. The SMILES string of the molecule is CC/C=C\C/C=C\C/C=C\C/C=C\C/C=C\C/C=C\C/C=C\C/C=C\C/C=C\CCCCCCCCCCCCCC(=O)NC(COP(=O)([O-])OCC[N+](C)(C)C)C(O)/C=C/CCCCCCCCCCCCCCCCCC. The second-order valence-electron chi connectivity index (χ2n) is 22.7. The van der Waals surface area contributed by atoms with Gasteiger partial charge >= 0.3 is 0 Å². The number of amides is 1. The number of rotatable bonds is 58. The summed E-state index contributed by atoms with van der Waals surface area (Å²) in [5, 5.41) is 13.9. The van der Waals surface area contributed by atoms with E-state index in [1.54, 1.807) is 6.08 Å². The van der Waals surface area contributed by atoms with Crippen LogP contribution in [0.5, 0.6) is 0 Å². The zero-order chi connectivity index (χ0) is 57.7. The zero-order valence-corrected chi connectivity index (χ0v) is 52.7.